The number of esters is 1. The molecule has 0 spiro atoms. The van der Waals surface area contributed by atoms with Gasteiger partial charge in [-0.3, -0.25) is 9.36 Å². The molecule has 0 saturated carbocycles. The number of hydrogen-bond donors (Lipinski definition) is 2. The lowest BCUT2D eigenvalue weighted by molar-refractivity contribution is -0.139. The number of nitrogens with one attached hydrogen (secondary N) is 2. The highest BCUT2D eigenvalue weighted by molar-refractivity contribution is 7.16. The second-order valence-electron chi connectivity index (χ2n) is 6.73. The van der Waals surface area contributed by atoms with Crippen molar-refractivity contribution < 1.29 is 19.1 Å². The SMILES string of the molecule is CCOC(=O)C1=C(Cn2cnc3sccc3c2=O)NC(=O)N[C@@H]1c1ccc(OC)cc1. The van der Waals surface area contributed by atoms with Crippen molar-refractivity contribution in [3.05, 3.63) is 69.2 Å². The molecule has 0 fully saturated rings. The molecule has 2 N–H and O–H groups in total. The van der Waals surface area contributed by atoms with Crippen molar-refractivity contribution in [2.45, 2.75) is 19.5 Å². The Morgan fingerprint density at radius 1 is 1.23 bits per heavy atom. The average Bonchev–Trinajstić information content (AvgIpc) is 3.25. The van der Waals surface area contributed by atoms with Crippen LogP contribution < -0.4 is 20.9 Å². The van der Waals surface area contributed by atoms with Crippen LogP contribution in [0.15, 0.2) is 58.1 Å². The Morgan fingerprint density at radius 3 is 2.71 bits per heavy atom. The summed E-state index contributed by atoms with van der Waals surface area (Å²) in [6.07, 6.45) is 1.41. The topological polar surface area (TPSA) is 112 Å². The number of rotatable bonds is 6. The third-order valence-corrected chi connectivity index (χ3v) is 5.70. The number of benzene rings is 1. The van der Waals surface area contributed by atoms with Crippen molar-refractivity contribution in [1.29, 1.82) is 0 Å². The first kappa shape index (κ1) is 20.6. The highest BCUT2D eigenvalue weighted by Gasteiger charge is 2.34. The summed E-state index contributed by atoms with van der Waals surface area (Å²) in [6, 6.07) is 7.47. The van der Waals surface area contributed by atoms with Crippen LogP contribution in [0.4, 0.5) is 4.79 Å². The van der Waals surface area contributed by atoms with Crippen LogP contribution >= 0.6 is 11.3 Å². The largest absolute Gasteiger partial charge is 0.497 e. The van der Waals surface area contributed by atoms with Crippen molar-refractivity contribution in [1.82, 2.24) is 20.2 Å². The zero-order valence-electron chi connectivity index (χ0n) is 16.9. The fourth-order valence-electron chi connectivity index (χ4n) is 3.42. The minimum Gasteiger partial charge on any atom is -0.497 e. The van der Waals surface area contributed by atoms with Gasteiger partial charge in [-0.2, -0.15) is 0 Å². The summed E-state index contributed by atoms with van der Waals surface area (Å²) in [5, 5.41) is 7.70. The molecule has 9 nitrogen and oxygen atoms in total. The van der Waals surface area contributed by atoms with Crippen LogP contribution in [-0.4, -0.2) is 35.3 Å². The number of ether oxygens (including phenoxy) is 2. The molecule has 10 heteroatoms. The predicted molar refractivity (Wildman–Crippen MR) is 115 cm³/mol. The molecule has 1 aliphatic heterocycles. The van der Waals surface area contributed by atoms with E-state index >= 15 is 0 Å². The zero-order valence-corrected chi connectivity index (χ0v) is 17.7. The van der Waals surface area contributed by atoms with Crippen molar-refractivity contribution in [2.75, 3.05) is 13.7 Å². The fraction of sp³-hybridized carbons (Fsp3) is 0.238. The molecule has 1 aromatic carbocycles. The van der Waals surface area contributed by atoms with E-state index in [1.54, 1.807) is 49.7 Å². The highest BCUT2D eigenvalue weighted by atomic mass is 32.1. The first-order chi connectivity index (χ1) is 15.0. The lowest BCUT2D eigenvalue weighted by Gasteiger charge is -2.29. The molecule has 1 aliphatic rings. The summed E-state index contributed by atoms with van der Waals surface area (Å²) in [6.45, 7) is 1.83. The van der Waals surface area contributed by atoms with Crippen molar-refractivity contribution in [3.63, 3.8) is 0 Å². The van der Waals surface area contributed by atoms with E-state index in [2.05, 4.69) is 15.6 Å². The molecule has 0 saturated heterocycles. The number of fused-ring (bicyclic) bond motifs is 1. The van der Waals surface area contributed by atoms with E-state index in [4.69, 9.17) is 9.47 Å². The Balaban J connectivity index is 1.80. The van der Waals surface area contributed by atoms with Crippen LogP contribution in [0.1, 0.15) is 18.5 Å². The van der Waals surface area contributed by atoms with E-state index in [1.165, 1.54) is 22.2 Å². The summed E-state index contributed by atoms with van der Waals surface area (Å²) in [4.78, 5) is 43.0. The molecule has 2 aromatic heterocycles. The summed E-state index contributed by atoms with van der Waals surface area (Å²) in [5.41, 5.74) is 0.927. The average molecular weight is 440 g/mol. The van der Waals surface area contributed by atoms with Gasteiger partial charge in [-0.15, -0.1) is 11.3 Å². The third-order valence-electron chi connectivity index (χ3n) is 4.88. The zero-order chi connectivity index (χ0) is 22.0. The number of amides is 2. The molecule has 31 heavy (non-hydrogen) atoms. The van der Waals surface area contributed by atoms with Crippen molar-refractivity contribution in [2.24, 2.45) is 0 Å². The number of allylic oxidation sites excluding steroid dienone is 1. The first-order valence-corrected chi connectivity index (χ1v) is 10.4. The molecule has 0 radical (unpaired) electrons. The number of aromatic nitrogens is 2. The Morgan fingerprint density at radius 2 is 2.00 bits per heavy atom. The van der Waals surface area contributed by atoms with Gasteiger partial charge in [0, 0.05) is 0 Å². The Labute approximate surface area is 181 Å². The van der Waals surface area contributed by atoms with E-state index in [1.807, 2.05) is 0 Å². The molecular weight excluding hydrogens is 420 g/mol. The molecule has 0 aliphatic carbocycles. The van der Waals surface area contributed by atoms with E-state index in [9.17, 15) is 14.4 Å². The summed E-state index contributed by atoms with van der Waals surface area (Å²) >= 11 is 1.37. The van der Waals surface area contributed by atoms with Crippen LogP contribution in [0.3, 0.4) is 0 Å². The van der Waals surface area contributed by atoms with Crippen LogP contribution in [0.5, 0.6) is 5.75 Å². The van der Waals surface area contributed by atoms with Crippen LogP contribution in [0, 0.1) is 0 Å². The standard InChI is InChI=1S/C21H20N4O5S/c1-3-30-20(27)16-15(10-25-11-22-18-14(19(25)26)8-9-31-18)23-21(28)24-17(16)12-4-6-13(29-2)7-5-12/h4-9,11,17H,3,10H2,1-2H3,(H2,23,24,28)/t17-/m1/s1. The van der Waals surface area contributed by atoms with Gasteiger partial charge in [-0.1, -0.05) is 12.1 Å². The van der Waals surface area contributed by atoms with Gasteiger partial charge in [0.05, 0.1) is 49.3 Å². The number of hydrogen-bond acceptors (Lipinski definition) is 7. The smallest absolute Gasteiger partial charge is 0.338 e. The maximum absolute atomic E-state index is 12.9. The van der Waals surface area contributed by atoms with E-state index in [0.717, 1.165) is 0 Å². The van der Waals surface area contributed by atoms with Crippen LogP contribution in [0.2, 0.25) is 0 Å². The molecule has 4 rings (SSSR count). The Kier molecular flexibility index (Phi) is 5.72. The maximum Gasteiger partial charge on any atom is 0.338 e. The minimum atomic E-state index is -0.748. The molecule has 3 heterocycles. The van der Waals surface area contributed by atoms with Crippen LogP contribution in [0.25, 0.3) is 10.2 Å². The summed E-state index contributed by atoms with van der Waals surface area (Å²) < 4.78 is 11.8. The van der Waals surface area contributed by atoms with Gasteiger partial charge < -0.3 is 20.1 Å². The summed E-state index contributed by atoms with van der Waals surface area (Å²) in [7, 11) is 1.56. The highest BCUT2D eigenvalue weighted by Crippen LogP contribution is 2.29. The van der Waals surface area contributed by atoms with Gasteiger partial charge in [0.15, 0.2) is 0 Å². The van der Waals surface area contributed by atoms with E-state index < -0.39 is 18.0 Å². The predicted octanol–water partition coefficient (Wildman–Crippen LogP) is 2.34. The normalized spacial score (nSPS) is 16.1. The van der Waals surface area contributed by atoms with Gasteiger partial charge in [0.2, 0.25) is 0 Å². The van der Waals surface area contributed by atoms with E-state index in [-0.39, 0.29) is 30.0 Å². The van der Waals surface area contributed by atoms with Crippen molar-refractivity contribution in [3.8, 4) is 5.75 Å². The molecule has 0 bridgehead atoms. The second kappa shape index (κ2) is 8.60. The molecule has 2 amide bonds. The second-order valence-corrected chi connectivity index (χ2v) is 7.63. The number of urea groups is 1. The van der Waals surface area contributed by atoms with Gasteiger partial charge >= 0.3 is 12.0 Å². The van der Waals surface area contributed by atoms with E-state index in [0.29, 0.717) is 21.5 Å². The number of nitrogens with zero attached hydrogens (tertiary/aromatic N) is 2. The molecule has 160 valence electrons. The molecule has 1 atom stereocenters. The maximum atomic E-state index is 12.9. The number of carbonyl (C=O) groups excluding carboxylic acids is 2. The minimum absolute atomic E-state index is 0.0359. The number of methoxy groups -OCH3 is 1. The number of carbonyl (C=O) groups is 2. The quantitative estimate of drug-likeness (QED) is 0.569. The van der Waals surface area contributed by atoms with Gasteiger partial charge in [-0.05, 0) is 36.1 Å². The lowest BCUT2D eigenvalue weighted by atomic mass is 9.95. The first-order valence-electron chi connectivity index (χ1n) is 9.56. The molecule has 3 aromatic rings. The third kappa shape index (κ3) is 4.02. The fourth-order valence-corrected chi connectivity index (χ4v) is 4.14. The molecule has 0 unspecified atom stereocenters. The monoisotopic (exact) mass is 440 g/mol. The van der Waals surface area contributed by atoms with Gasteiger partial charge in [-0.25, -0.2) is 14.6 Å². The Hall–Kier alpha value is -3.66. The van der Waals surface area contributed by atoms with Gasteiger partial charge in [0.25, 0.3) is 5.56 Å². The van der Waals surface area contributed by atoms with Crippen molar-refractivity contribution >= 4 is 33.6 Å². The molecular formula is C21H20N4O5S. The number of thiophene rings is 1. The lowest BCUT2D eigenvalue weighted by Crippen LogP contribution is -2.47. The Bertz CT molecular complexity index is 1230. The summed E-state index contributed by atoms with van der Waals surface area (Å²) in [5.74, 6) is 0.0658. The van der Waals surface area contributed by atoms with Gasteiger partial charge in [0.1, 0.15) is 10.6 Å². The van der Waals surface area contributed by atoms with Crippen LogP contribution in [-0.2, 0) is 16.1 Å².